The van der Waals surface area contributed by atoms with Crippen LogP contribution in [0.3, 0.4) is 0 Å². The van der Waals surface area contributed by atoms with Crippen molar-refractivity contribution in [3.8, 4) is 5.75 Å². The zero-order valence-corrected chi connectivity index (χ0v) is 15.2. The van der Waals surface area contributed by atoms with E-state index in [0.717, 1.165) is 29.6 Å². The third-order valence-corrected chi connectivity index (χ3v) is 5.62. The number of amides is 2. The van der Waals surface area contributed by atoms with Crippen LogP contribution >= 0.6 is 11.8 Å². The normalized spacial score (nSPS) is 19.3. The number of benzene rings is 1. The van der Waals surface area contributed by atoms with Crippen molar-refractivity contribution in [1.82, 2.24) is 14.8 Å². The van der Waals surface area contributed by atoms with Crippen LogP contribution in [0.5, 0.6) is 5.75 Å². The van der Waals surface area contributed by atoms with E-state index in [1.165, 1.54) is 0 Å². The second kappa shape index (κ2) is 6.99. The first kappa shape index (κ1) is 16.9. The zero-order valence-electron chi connectivity index (χ0n) is 14.3. The Morgan fingerprint density at radius 2 is 2.27 bits per heavy atom. The number of thioether (sulfide) groups is 1. The average Bonchev–Trinajstić information content (AvgIpc) is 3.26. The third-order valence-electron chi connectivity index (χ3n) is 4.57. The van der Waals surface area contributed by atoms with Crippen molar-refractivity contribution in [2.75, 3.05) is 29.6 Å². The lowest BCUT2D eigenvalue weighted by molar-refractivity contribution is -0.122. The molecule has 2 aliphatic heterocycles. The van der Waals surface area contributed by atoms with Gasteiger partial charge in [0.1, 0.15) is 5.75 Å². The Kier molecular flexibility index (Phi) is 4.54. The van der Waals surface area contributed by atoms with E-state index in [1.807, 2.05) is 22.8 Å². The molecular formula is C17H19N5O3S. The Hall–Kier alpha value is -2.55. The van der Waals surface area contributed by atoms with Crippen LogP contribution in [0.15, 0.2) is 29.4 Å². The van der Waals surface area contributed by atoms with Crippen LogP contribution in [0.25, 0.3) is 0 Å². The molecule has 8 nitrogen and oxygen atoms in total. The smallest absolute Gasteiger partial charge is 0.232 e. The minimum atomic E-state index is -0.419. The molecule has 1 saturated heterocycles. The van der Waals surface area contributed by atoms with E-state index in [0.29, 0.717) is 18.2 Å². The fourth-order valence-corrected chi connectivity index (χ4v) is 4.09. The average molecular weight is 373 g/mol. The lowest BCUT2D eigenvalue weighted by atomic mass is 10.1. The maximum absolute atomic E-state index is 12.6. The molecular weight excluding hydrogens is 354 g/mol. The van der Waals surface area contributed by atoms with Gasteiger partial charge in [0.25, 0.3) is 0 Å². The minimum absolute atomic E-state index is 0.0720. The summed E-state index contributed by atoms with van der Waals surface area (Å²) in [6.07, 6.45) is 1.20. The van der Waals surface area contributed by atoms with Crippen molar-refractivity contribution in [1.29, 1.82) is 0 Å². The van der Waals surface area contributed by atoms with Gasteiger partial charge in [-0.3, -0.25) is 19.5 Å². The number of rotatable bonds is 4. The van der Waals surface area contributed by atoms with Crippen LogP contribution in [0.2, 0.25) is 0 Å². The molecule has 4 rings (SSSR count). The SMILES string of the molecule is COc1cccc(N2CC(C(=O)Nc3nnc4n3CCCS4)CC2=O)c1. The van der Waals surface area contributed by atoms with E-state index in [-0.39, 0.29) is 18.2 Å². The molecule has 0 radical (unpaired) electrons. The van der Waals surface area contributed by atoms with Gasteiger partial charge in [0, 0.05) is 37.0 Å². The zero-order chi connectivity index (χ0) is 18.1. The van der Waals surface area contributed by atoms with Gasteiger partial charge in [-0.1, -0.05) is 17.8 Å². The standard InChI is InChI=1S/C17H19N5O3S/c1-25-13-5-2-4-12(9-13)22-10-11(8-14(22)23)15(24)18-16-19-20-17-21(16)6-3-7-26-17/h2,4-5,9,11H,3,6-8,10H2,1H3,(H,18,19,24). The maximum atomic E-state index is 12.6. The number of anilines is 2. The van der Waals surface area contributed by atoms with Crippen molar-refractivity contribution < 1.29 is 14.3 Å². The molecule has 0 aliphatic carbocycles. The largest absolute Gasteiger partial charge is 0.497 e. The second-order valence-electron chi connectivity index (χ2n) is 6.26. The first-order valence-corrected chi connectivity index (χ1v) is 9.45. The van der Waals surface area contributed by atoms with Gasteiger partial charge in [0.2, 0.25) is 17.8 Å². The summed E-state index contributed by atoms with van der Waals surface area (Å²) in [7, 11) is 1.58. The molecule has 0 bridgehead atoms. The molecule has 1 aromatic carbocycles. The van der Waals surface area contributed by atoms with E-state index >= 15 is 0 Å². The van der Waals surface area contributed by atoms with Gasteiger partial charge in [0.15, 0.2) is 5.16 Å². The highest BCUT2D eigenvalue weighted by atomic mass is 32.2. The number of carbonyl (C=O) groups excluding carboxylic acids is 2. The van der Waals surface area contributed by atoms with Crippen LogP contribution < -0.4 is 15.0 Å². The summed E-state index contributed by atoms with van der Waals surface area (Å²) in [5.74, 6) is 1.46. The van der Waals surface area contributed by atoms with E-state index in [1.54, 1.807) is 29.8 Å². The van der Waals surface area contributed by atoms with Crippen molar-refractivity contribution >= 4 is 35.2 Å². The highest BCUT2D eigenvalue weighted by molar-refractivity contribution is 7.99. The molecule has 136 valence electrons. The van der Waals surface area contributed by atoms with Crippen LogP contribution in [-0.4, -0.2) is 46.0 Å². The van der Waals surface area contributed by atoms with Gasteiger partial charge in [-0.25, -0.2) is 0 Å². The molecule has 9 heteroatoms. The van der Waals surface area contributed by atoms with Crippen LogP contribution in [-0.2, 0) is 16.1 Å². The topological polar surface area (TPSA) is 89.3 Å². The summed E-state index contributed by atoms with van der Waals surface area (Å²) in [6, 6.07) is 7.28. The molecule has 0 spiro atoms. The first-order chi connectivity index (χ1) is 12.7. The van der Waals surface area contributed by atoms with E-state index in [4.69, 9.17) is 4.74 Å². The number of hydrogen-bond donors (Lipinski definition) is 1. The van der Waals surface area contributed by atoms with Crippen LogP contribution in [0, 0.1) is 5.92 Å². The Balaban J connectivity index is 1.46. The molecule has 1 N–H and O–H groups in total. The molecule has 2 aromatic rings. The molecule has 3 heterocycles. The summed E-state index contributed by atoms with van der Waals surface area (Å²) >= 11 is 1.63. The summed E-state index contributed by atoms with van der Waals surface area (Å²) < 4.78 is 7.13. The molecule has 2 amide bonds. The number of nitrogens with one attached hydrogen (secondary N) is 1. The van der Waals surface area contributed by atoms with Gasteiger partial charge < -0.3 is 9.64 Å². The minimum Gasteiger partial charge on any atom is -0.497 e. The number of carbonyl (C=O) groups is 2. The Labute approximate surface area is 154 Å². The lowest BCUT2D eigenvalue weighted by Gasteiger charge is -2.18. The van der Waals surface area contributed by atoms with Crippen LogP contribution in [0.1, 0.15) is 12.8 Å². The highest BCUT2D eigenvalue weighted by Crippen LogP contribution is 2.29. The number of hydrogen-bond acceptors (Lipinski definition) is 6. The Bertz CT molecular complexity index is 853. The molecule has 0 saturated carbocycles. The van der Waals surface area contributed by atoms with Crippen molar-refractivity contribution in [2.24, 2.45) is 5.92 Å². The molecule has 26 heavy (non-hydrogen) atoms. The number of aromatic nitrogens is 3. The van der Waals surface area contributed by atoms with E-state index < -0.39 is 5.92 Å². The maximum Gasteiger partial charge on any atom is 0.232 e. The van der Waals surface area contributed by atoms with Crippen molar-refractivity contribution in [3.05, 3.63) is 24.3 Å². The summed E-state index contributed by atoms with van der Waals surface area (Å²) in [5, 5.41) is 11.8. The van der Waals surface area contributed by atoms with Gasteiger partial charge in [-0.05, 0) is 18.6 Å². The van der Waals surface area contributed by atoms with Crippen molar-refractivity contribution in [2.45, 2.75) is 24.5 Å². The monoisotopic (exact) mass is 373 g/mol. The fraction of sp³-hybridized carbons (Fsp3) is 0.412. The predicted octanol–water partition coefficient (Wildman–Crippen LogP) is 1.77. The van der Waals surface area contributed by atoms with E-state index in [2.05, 4.69) is 15.5 Å². The number of methoxy groups -OCH3 is 1. The molecule has 1 aromatic heterocycles. The lowest BCUT2D eigenvalue weighted by Crippen LogP contribution is -2.29. The van der Waals surface area contributed by atoms with Gasteiger partial charge in [0.05, 0.1) is 13.0 Å². The van der Waals surface area contributed by atoms with Crippen LogP contribution in [0.4, 0.5) is 11.6 Å². The molecule has 1 atom stereocenters. The van der Waals surface area contributed by atoms with Crippen molar-refractivity contribution in [3.63, 3.8) is 0 Å². The number of nitrogens with zero attached hydrogens (tertiary/aromatic N) is 4. The highest BCUT2D eigenvalue weighted by Gasteiger charge is 2.36. The summed E-state index contributed by atoms with van der Waals surface area (Å²) in [5.41, 5.74) is 0.737. The molecule has 1 fully saturated rings. The Morgan fingerprint density at radius 3 is 3.12 bits per heavy atom. The summed E-state index contributed by atoms with van der Waals surface area (Å²) in [6.45, 7) is 1.14. The predicted molar refractivity (Wildman–Crippen MR) is 97.4 cm³/mol. The third kappa shape index (κ3) is 3.14. The second-order valence-corrected chi connectivity index (χ2v) is 7.32. The fourth-order valence-electron chi connectivity index (χ4n) is 3.20. The number of fused-ring (bicyclic) bond motifs is 1. The Morgan fingerprint density at radius 1 is 1.38 bits per heavy atom. The molecule has 2 aliphatic rings. The van der Waals surface area contributed by atoms with E-state index in [9.17, 15) is 9.59 Å². The van der Waals surface area contributed by atoms with Gasteiger partial charge in [-0.2, -0.15) is 0 Å². The van der Waals surface area contributed by atoms with Gasteiger partial charge >= 0.3 is 0 Å². The first-order valence-electron chi connectivity index (χ1n) is 8.47. The number of ether oxygens (including phenoxy) is 1. The summed E-state index contributed by atoms with van der Waals surface area (Å²) in [4.78, 5) is 26.7. The molecule has 1 unspecified atom stereocenters. The van der Waals surface area contributed by atoms with Gasteiger partial charge in [-0.15, -0.1) is 10.2 Å². The quantitative estimate of drug-likeness (QED) is 0.879.